The van der Waals surface area contributed by atoms with Gasteiger partial charge in [-0.2, -0.15) is 0 Å². The third kappa shape index (κ3) is 98.4. The van der Waals surface area contributed by atoms with Gasteiger partial charge in [0.1, 0.15) is 6.42 Å². The summed E-state index contributed by atoms with van der Waals surface area (Å²) < 4.78 is 0. The molecule has 4 nitrogen and oxygen atoms in total. The second kappa shape index (κ2) is 18.5. The maximum atomic E-state index is 5.31. The summed E-state index contributed by atoms with van der Waals surface area (Å²) in [6, 6.07) is 0. The zero-order valence-corrected chi connectivity index (χ0v) is 10.9. The zero-order chi connectivity index (χ0) is 9.44. The summed E-state index contributed by atoms with van der Waals surface area (Å²) >= 11 is 0. The van der Waals surface area contributed by atoms with Gasteiger partial charge in [0.25, 0.3) is 0 Å². The first kappa shape index (κ1) is 29.2. The molecule has 14 heavy (non-hydrogen) atoms. The summed E-state index contributed by atoms with van der Waals surface area (Å²) in [5, 5.41) is 15.4. The van der Waals surface area contributed by atoms with E-state index in [0.29, 0.717) is 5.84 Å². The molecule has 0 saturated carbocycles. The number of amidine groups is 1. The molecule has 0 unspecified atom stereocenters. The number of rotatable bonds is 2. The van der Waals surface area contributed by atoms with E-state index >= 15 is 0 Å². The lowest BCUT2D eigenvalue weighted by Gasteiger charge is -1.78. The van der Waals surface area contributed by atoms with E-state index in [1.807, 2.05) is 13.8 Å². The Labute approximate surface area is 104 Å². The van der Waals surface area contributed by atoms with Crippen molar-refractivity contribution in [3.63, 3.8) is 0 Å². The minimum Gasteiger partial charge on any atom is -1.00 e. The lowest BCUT2D eigenvalue weighted by molar-refractivity contribution is -0.124. The van der Waals surface area contributed by atoms with Crippen molar-refractivity contribution in [3.8, 4) is 0 Å². The van der Waals surface area contributed by atoms with Crippen molar-refractivity contribution in [3.05, 3.63) is 0 Å². The Hall–Kier alpha value is -0.320. The molecule has 7 heteroatoms. The van der Waals surface area contributed by atoms with Crippen LogP contribution in [0.1, 0.15) is 27.2 Å². The van der Waals surface area contributed by atoms with Crippen LogP contribution in [0.4, 0.5) is 0 Å². The minimum absolute atomic E-state index is 0. The molecule has 0 atom stereocenters. The van der Waals surface area contributed by atoms with E-state index in [9.17, 15) is 0 Å². The van der Waals surface area contributed by atoms with Gasteiger partial charge in [0.05, 0.1) is 0 Å². The molecule has 0 spiro atoms. The summed E-state index contributed by atoms with van der Waals surface area (Å²) in [6.07, 6.45) is 0.750. The third-order valence-corrected chi connectivity index (χ3v) is 0.558. The summed E-state index contributed by atoms with van der Waals surface area (Å²) in [6.45, 7) is 5.35. The largest absolute Gasteiger partial charge is 1.00 e. The second-order valence-electron chi connectivity index (χ2n) is 2.61. The lowest BCUT2D eigenvalue weighted by Crippen LogP contribution is -3.00. The van der Waals surface area contributed by atoms with E-state index < -0.39 is 0 Å². The Bertz CT molecular complexity index is 154. The maximum Gasteiger partial charge on any atom is 0.235 e. The normalized spacial score (nSPS) is 5.93. The van der Waals surface area contributed by atoms with Crippen LogP contribution in [-0.4, -0.2) is 17.3 Å². The third-order valence-electron chi connectivity index (χ3n) is 0.558. The smallest absolute Gasteiger partial charge is 0.235 e. The van der Waals surface area contributed by atoms with Crippen LogP contribution >= 0.6 is 0 Å². The van der Waals surface area contributed by atoms with Crippen LogP contribution < -0.4 is 59.2 Å². The predicted molar refractivity (Wildman–Crippen MR) is 46.6 cm³/mol. The van der Waals surface area contributed by atoms with Crippen LogP contribution in [0.15, 0.2) is 0 Å². The second-order valence-corrected chi connectivity index (χ2v) is 2.61. The highest BCUT2D eigenvalue weighted by molar-refractivity contribution is 5.96. The van der Waals surface area contributed by atoms with E-state index in [2.05, 4.69) is 0 Å². The van der Waals surface area contributed by atoms with E-state index in [1.165, 1.54) is 0 Å². The summed E-state index contributed by atoms with van der Waals surface area (Å²) in [7, 11) is 0. The van der Waals surface area contributed by atoms with Gasteiger partial charge in [-0.15, -0.1) is 0 Å². The Morgan fingerprint density at radius 2 is 1.00 bits per heavy atom. The molecule has 0 aromatic heterocycles. The van der Waals surface area contributed by atoms with Gasteiger partial charge in [-0.25, -0.2) is 0 Å². The van der Waals surface area contributed by atoms with Crippen molar-refractivity contribution in [1.29, 1.82) is 0 Å². The van der Waals surface area contributed by atoms with Gasteiger partial charge in [0, 0.05) is 20.8 Å². The first-order valence-electron chi connectivity index (χ1n) is 3.36. The molecule has 0 aromatic carbocycles. The van der Waals surface area contributed by atoms with Crippen molar-refractivity contribution < 1.29 is 53.4 Å². The Kier molecular flexibility index (Phi) is 38.5. The summed E-state index contributed by atoms with van der Waals surface area (Å²) in [5.74, 6) is 0.417. The Balaban J connectivity index is -0.0000000347. The van der Waals surface area contributed by atoms with Crippen molar-refractivity contribution >= 4 is 17.3 Å². The van der Waals surface area contributed by atoms with Crippen molar-refractivity contribution in [2.24, 2.45) is 5.73 Å². The molecule has 0 aromatic rings. The number of nitrogens with two attached hydrogens (primary N) is 4. The summed E-state index contributed by atoms with van der Waals surface area (Å²) in [5.41, 5.74) is 6.56. The van der Waals surface area contributed by atoms with Crippen LogP contribution in [0.5, 0.6) is 0 Å². The molecule has 0 saturated heterocycles. The summed E-state index contributed by atoms with van der Waals surface area (Å²) in [4.78, 5) is 0. The fourth-order valence-corrected chi connectivity index (χ4v) is 0.440. The first-order chi connectivity index (χ1) is 4.86. The average molecular weight is 266 g/mol. The Morgan fingerprint density at radius 1 is 0.857 bits per heavy atom. The molecule has 0 aliphatic carbocycles. The van der Waals surface area contributed by atoms with Crippen molar-refractivity contribution in [2.75, 3.05) is 0 Å². The number of hydrogen-bond donors (Lipinski definition) is 4. The van der Waals surface area contributed by atoms with Crippen LogP contribution in [0.25, 0.3) is 0 Å². The number of halogens is 3. The highest BCUT2D eigenvalue weighted by atomic mass is 35.5. The monoisotopic (exact) mass is 264 g/mol. The van der Waals surface area contributed by atoms with Crippen LogP contribution in [-0.2, 0) is 0 Å². The van der Waals surface area contributed by atoms with E-state index in [0.717, 1.165) is 17.8 Å². The maximum absolute atomic E-state index is 5.31. The molecule has 0 bridgehead atoms. The minimum atomic E-state index is 0. The van der Waals surface area contributed by atoms with Crippen LogP contribution in [0.2, 0.25) is 0 Å². The molecule has 0 fully saturated rings. The Morgan fingerprint density at radius 3 is 1.00 bits per heavy atom. The molecule has 0 heterocycles. The van der Waals surface area contributed by atoms with Gasteiger partial charge in [-0.1, -0.05) is 0 Å². The SMILES string of the molecule is CC(=[NH2+])CC(C)=[NH2+].CC(N)=[NH2+].[Cl-].[Cl-].[Cl-]. The van der Waals surface area contributed by atoms with Gasteiger partial charge < -0.3 is 37.2 Å². The van der Waals surface area contributed by atoms with Gasteiger partial charge >= 0.3 is 0 Å². The standard InChI is InChI=1S/C5H10N2.C2H6N2.3ClH/c1-4(6)3-5(2)7;1-2(3)4;;;/h6-7H,3H2,1-2H3;1H3,(H3,3,4);3*1H. The van der Waals surface area contributed by atoms with E-state index in [4.69, 9.17) is 22.0 Å². The molecular formula is C7H19Cl3N4. The highest BCUT2D eigenvalue weighted by Gasteiger charge is 1.97. The van der Waals surface area contributed by atoms with Crippen LogP contribution in [0, 0.1) is 0 Å². The molecule has 88 valence electrons. The molecule has 0 rings (SSSR count). The fourth-order valence-electron chi connectivity index (χ4n) is 0.440. The molecule has 0 radical (unpaired) electrons. The van der Waals surface area contributed by atoms with Gasteiger partial charge in [-0.3, -0.25) is 22.0 Å². The number of hydrogen-bond acceptors (Lipinski definition) is 0. The molecule has 0 aliphatic rings. The topological polar surface area (TPSA) is 103 Å². The predicted octanol–water partition coefficient (Wildman–Crippen LogP) is -13.0. The highest BCUT2D eigenvalue weighted by Crippen LogP contribution is 1.74. The quantitative estimate of drug-likeness (QED) is 0.289. The lowest BCUT2D eigenvalue weighted by atomic mass is 10.2. The van der Waals surface area contributed by atoms with E-state index in [-0.39, 0.29) is 37.2 Å². The van der Waals surface area contributed by atoms with Crippen molar-refractivity contribution in [1.82, 2.24) is 0 Å². The first-order valence-corrected chi connectivity index (χ1v) is 3.36. The molecule has 0 aliphatic heterocycles. The van der Waals surface area contributed by atoms with E-state index in [1.54, 1.807) is 6.92 Å². The average Bonchev–Trinajstić information content (AvgIpc) is 1.56. The van der Waals surface area contributed by atoms with Gasteiger partial charge in [0.15, 0.2) is 11.4 Å². The van der Waals surface area contributed by atoms with Gasteiger partial charge in [0.2, 0.25) is 5.84 Å². The molecular weight excluding hydrogens is 246 g/mol. The molecule has 8 N–H and O–H groups in total. The van der Waals surface area contributed by atoms with Crippen LogP contribution in [0.3, 0.4) is 0 Å². The van der Waals surface area contributed by atoms with Gasteiger partial charge in [-0.05, 0) is 0 Å². The molecule has 0 amide bonds. The fraction of sp³-hybridized carbons (Fsp3) is 0.571. The van der Waals surface area contributed by atoms with Crippen molar-refractivity contribution in [2.45, 2.75) is 27.2 Å². The zero-order valence-electron chi connectivity index (χ0n) is 8.65.